The van der Waals surface area contributed by atoms with Crippen LogP contribution >= 0.6 is 0 Å². The number of aromatic amines is 1. The van der Waals surface area contributed by atoms with Gasteiger partial charge in [0.1, 0.15) is 11.6 Å². The highest BCUT2D eigenvalue weighted by Crippen LogP contribution is 2.34. The number of esters is 1. The fraction of sp³-hybridized carbons (Fsp3) is 0.348. The second-order valence-corrected chi connectivity index (χ2v) is 6.89. The van der Waals surface area contributed by atoms with Gasteiger partial charge in [-0.1, -0.05) is 12.1 Å². The van der Waals surface area contributed by atoms with E-state index in [1.54, 1.807) is 39.0 Å². The van der Waals surface area contributed by atoms with Crippen molar-refractivity contribution in [2.45, 2.75) is 40.7 Å². The van der Waals surface area contributed by atoms with Crippen molar-refractivity contribution in [1.82, 2.24) is 4.98 Å². The first kappa shape index (κ1) is 22.8. The largest absolute Gasteiger partial charge is 0.493 e. The van der Waals surface area contributed by atoms with E-state index in [0.29, 0.717) is 33.9 Å². The summed E-state index contributed by atoms with van der Waals surface area (Å²) in [4.78, 5) is 28.2. The molecule has 0 atom stereocenters. The van der Waals surface area contributed by atoms with Crippen LogP contribution in [0.4, 0.5) is 0 Å². The second kappa shape index (κ2) is 9.79. The van der Waals surface area contributed by atoms with Crippen molar-refractivity contribution in [3.8, 4) is 17.6 Å². The summed E-state index contributed by atoms with van der Waals surface area (Å²) < 4.78 is 16.3. The van der Waals surface area contributed by atoms with Gasteiger partial charge in [-0.2, -0.15) is 5.26 Å². The Hall–Kier alpha value is -3.53. The van der Waals surface area contributed by atoms with E-state index in [2.05, 4.69) is 4.98 Å². The van der Waals surface area contributed by atoms with Gasteiger partial charge in [0.2, 0.25) is 5.78 Å². The fourth-order valence-corrected chi connectivity index (χ4v) is 3.09. The third kappa shape index (κ3) is 4.71. The molecular weight excluding hydrogens is 384 g/mol. The van der Waals surface area contributed by atoms with Crippen molar-refractivity contribution >= 4 is 17.8 Å². The molecule has 0 fully saturated rings. The standard InChI is InChI=1S/C23H26N2O5/c1-7-29-23(27)19-14(4)20(25-15(19)5)21(26)17(12-24)11-16-9-8-10-18(28-6)22(16)30-13(2)3/h8-11,13,25H,7H2,1-6H3/b17-11+. The molecule has 1 aromatic carbocycles. The van der Waals surface area contributed by atoms with Crippen molar-refractivity contribution in [1.29, 1.82) is 5.26 Å². The number of nitriles is 1. The number of nitrogens with zero attached hydrogens (tertiary/aromatic N) is 1. The molecule has 0 radical (unpaired) electrons. The van der Waals surface area contributed by atoms with Crippen molar-refractivity contribution in [2.75, 3.05) is 13.7 Å². The molecule has 1 aromatic heterocycles. The highest BCUT2D eigenvalue weighted by Gasteiger charge is 2.25. The SMILES string of the molecule is CCOC(=O)c1c(C)[nH]c(C(=O)/C(C#N)=C/c2cccc(OC)c2OC(C)C)c1C. The smallest absolute Gasteiger partial charge is 0.340 e. The van der Waals surface area contributed by atoms with Crippen LogP contribution in [0.3, 0.4) is 0 Å². The quantitative estimate of drug-likeness (QED) is 0.300. The number of methoxy groups -OCH3 is 1. The Balaban J connectivity index is 2.53. The summed E-state index contributed by atoms with van der Waals surface area (Å²) in [7, 11) is 1.52. The number of hydrogen-bond donors (Lipinski definition) is 1. The first-order valence-electron chi connectivity index (χ1n) is 9.61. The minimum atomic E-state index is -0.521. The maximum Gasteiger partial charge on any atom is 0.340 e. The van der Waals surface area contributed by atoms with Gasteiger partial charge in [-0.3, -0.25) is 4.79 Å². The molecule has 2 aromatic rings. The third-order valence-corrected chi connectivity index (χ3v) is 4.39. The molecule has 7 nitrogen and oxygen atoms in total. The Kier molecular flexibility index (Phi) is 7.43. The minimum Gasteiger partial charge on any atom is -0.493 e. The number of benzene rings is 1. The van der Waals surface area contributed by atoms with Gasteiger partial charge in [-0.15, -0.1) is 0 Å². The molecule has 0 aliphatic carbocycles. The zero-order valence-electron chi connectivity index (χ0n) is 18.1. The maximum atomic E-state index is 13.1. The monoisotopic (exact) mass is 410 g/mol. The topological polar surface area (TPSA) is 101 Å². The number of rotatable bonds is 8. The summed E-state index contributed by atoms with van der Waals surface area (Å²) in [5, 5.41) is 9.66. The lowest BCUT2D eigenvalue weighted by atomic mass is 10.0. The summed E-state index contributed by atoms with van der Waals surface area (Å²) >= 11 is 0. The van der Waals surface area contributed by atoms with E-state index in [1.807, 2.05) is 19.9 Å². The number of Topliss-reactive ketones (excluding diaryl/α,β-unsaturated/α-hetero) is 1. The molecule has 0 aliphatic rings. The predicted molar refractivity (Wildman–Crippen MR) is 113 cm³/mol. The Morgan fingerprint density at radius 3 is 2.53 bits per heavy atom. The van der Waals surface area contributed by atoms with E-state index in [4.69, 9.17) is 14.2 Å². The molecule has 1 N–H and O–H groups in total. The Morgan fingerprint density at radius 2 is 1.97 bits per heavy atom. The molecular formula is C23H26N2O5. The molecule has 0 aliphatic heterocycles. The van der Waals surface area contributed by atoms with Crippen molar-refractivity contribution in [2.24, 2.45) is 0 Å². The molecule has 0 unspecified atom stereocenters. The van der Waals surface area contributed by atoms with E-state index >= 15 is 0 Å². The molecule has 0 bridgehead atoms. The predicted octanol–water partition coefficient (Wildman–Crippen LogP) is 4.39. The van der Waals surface area contributed by atoms with Crippen LogP contribution in [0.15, 0.2) is 23.8 Å². The number of nitrogens with one attached hydrogen (secondary N) is 1. The highest BCUT2D eigenvalue weighted by molar-refractivity contribution is 6.15. The third-order valence-electron chi connectivity index (χ3n) is 4.39. The summed E-state index contributed by atoms with van der Waals surface area (Å²) in [6, 6.07) is 7.19. The number of ketones is 1. The van der Waals surface area contributed by atoms with Gasteiger partial charge in [0, 0.05) is 11.3 Å². The van der Waals surface area contributed by atoms with Gasteiger partial charge >= 0.3 is 5.97 Å². The number of carbonyl (C=O) groups excluding carboxylic acids is 2. The molecule has 2 rings (SSSR count). The number of carbonyl (C=O) groups is 2. The summed E-state index contributed by atoms with van der Waals surface area (Å²) in [5.74, 6) is -0.0847. The summed E-state index contributed by atoms with van der Waals surface area (Å²) in [6.45, 7) is 9.02. The van der Waals surface area contributed by atoms with Gasteiger partial charge in [0.05, 0.1) is 31.1 Å². The fourth-order valence-electron chi connectivity index (χ4n) is 3.09. The average molecular weight is 410 g/mol. The Morgan fingerprint density at radius 1 is 1.27 bits per heavy atom. The van der Waals surface area contributed by atoms with E-state index in [9.17, 15) is 14.9 Å². The number of para-hydroxylation sites is 1. The number of aryl methyl sites for hydroxylation is 1. The molecule has 0 spiro atoms. The lowest BCUT2D eigenvalue weighted by molar-refractivity contribution is 0.0525. The molecule has 7 heteroatoms. The van der Waals surface area contributed by atoms with E-state index in [0.717, 1.165) is 0 Å². The number of ether oxygens (including phenoxy) is 3. The molecule has 0 amide bonds. The van der Waals surface area contributed by atoms with Crippen LogP contribution in [-0.4, -0.2) is 36.6 Å². The van der Waals surface area contributed by atoms with Crippen LogP contribution < -0.4 is 9.47 Å². The Labute approximate surface area is 176 Å². The first-order chi connectivity index (χ1) is 14.2. The molecule has 1 heterocycles. The number of allylic oxidation sites excluding steroid dienone is 1. The zero-order valence-corrected chi connectivity index (χ0v) is 18.1. The van der Waals surface area contributed by atoms with Crippen LogP contribution in [-0.2, 0) is 4.74 Å². The van der Waals surface area contributed by atoms with Crippen molar-refractivity contribution < 1.29 is 23.8 Å². The lowest BCUT2D eigenvalue weighted by Crippen LogP contribution is -2.09. The molecule has 0 saturated carbocycles. The summed E-state index contributed by atoms with van der Waals surface area (Å²) in [5.41, 5.74) is 1.88. The van der Waals surface area contributed by atoms with E-state index < -0.39 is 11.8 Å². The maximum absolute atomic E-state index is 13.1. The van der Waals surface area contributed by atoms with Gasteiger partial charge in [-0.05, 0) is 52.3 Å². The van der Waals surface area contributed by atoms with Gasteiger partial charge in [0.15, 0.2) is 11.5 Å². The highest BCUT2D eigenvalue weighted by atomic mass is 16.5. The van der Waals surface area contributed by atoms with Gasteiger partial charge in [0.25, 0.3) is 0 Å². The molecule has 0 saturated heterocycles. The normalized spacial score (nSPS) is 11.2. The average Bonchev–Trinajstić information content (AvgIpc) is 3.00. The first-order valence-corrected chi connectivity index (χ1v) is 9.61. The summed E-state index contributed by atoms with van der Waals surface area (Å²) in [6.07, 6.45) is 1.33. The van der Waals surface area contributed by atoms with Crippen LogP contribution in [0.2, 0.25) is 0 Å². The zero-order chi connectivity index (χ0) is 22.4. The number of hydrogen-bond acceptors (Lipinski definition) is 6. The van der Waals surface area contributed by atoms with Crippen molar-refractivity contribution in [3.05, 3.63) is 51.9 Å². The minimum absolute atomic E-state index is 0.100. The van der Waals surface area contributed by atoms with Crippen LogP contribution in [0.25, 0.3) is 6.08 Å². The van der Waals surface area contributed by atoms with Gasteiger partial charge in [-0.25, -0.2) is 4.79 Å². The van der Waals surface area contributed by atoms with Crippen LogP contribution in [0.1, 0.15) is 58.4 Å². The molecule has 158 valence electrons. The van der Waals surface area contributed by atoms with Crippen molar-refractivity contribution in [3.63, 3.8) is 0 Å². The number of H-pyrrole nitrogens is 1. The van der Waals surface area contributed by atoms with Gasteiger partial charge < -0.3 is 19.2 Å². The number of aromatic nitrogens is 1. The van der Waals surface area contributed by atoms with E-state index in [1.165, 1.54) is 13.2 Å². The second-order valence-electron chi connectivity index (χ2n) is 6.89. The van der Waals surface area contributed by atoms with E-state index in [-0.39, 0.29) is 24.0 Å². The van der Waals surface area contributed by atoms with Crippen LogP contribution in [0.5, 0.6) is 11.5 Å². The molecule has 30 heavy (non-hydrogen) atoms. The lowest BCUT2D eigenvalue weighted by Gasteiger charge is -2.16. The Bertz CT molecular complexity index is 1020. The van der Waals surface area contributed by atoms with Crippen LogP contribution in [0, 0.1) is 25.2 Å².